The van der Waals surface area contributed by atoms with Gasteiger partial charge in [-0.15, -0.1) is 5.10 Å². The first-order valence-electron chi connectivity index (χ1n) is 8.61. The van der Waals surface area contributed by atoms with Crippen LogP contribution in [0.25, 0.3) is 22.4 Å². The second-order valence-corrected chi connectivity index (χ2v) is 6.69. The van der Waals surface area contributed by atoms with Crippen LogP contribution in [0.1, 0.15) is 27.7 Å². The van der Waals surface area contributed by atoms with E-state index in [1.807, 2.05) is 58.0 Å². The molecule has 0 aliphatic heterocycles. The average Bonchev–Trinajstić information content (AvgIpc) is 2.94. The van der Waals surface area contributed by atoms with Gasteiger partial charge in [0.2, 0.25) is 11.8 Å². The molecule has 1 amide bonds. The summed E-state index contributed by atoms with van der Waals surface area (Å²) >= 11 is 0. The van der Waals surface area contributed by atoms with Crippen molar-refractivity contribution in [2.45, 2.75) is 46.3 Å². The maximum absolute atomic E-state index is 12.6. The Morgan fingerprint density at radius 1 is 1.15 bits per heavy atom. The molecule has 2 heterocycles. The van der Waals surface area contributed by atoms with E-state index < -0.39 is 5.76 Å². The number of amides is 1. The number of hydrogen-bond acceptors (Lipinski definition) is 5. The van der Waals surface area contributed by atoms with Gasteiger partial charge in [-0.25, -0.2) is 4.79 Å². The number of benzene rings is 1. The monoisotopic (exact) mass is 354 g/mol. The summed E-state index contributed by atoms with van der Waals surface area (Å²) in [7, 11) is 0. The lowest BCUT2D eigenvalue weighted by molar-refractivity contribution is -0.135. The van der Waals surface area contributed by atoms with E-state index in [2.05, 4.69) is 10.1 Å². The number of aromatic nitrogens is 3. The highest BCUT2D eigenvalue weighted by Crippen LogP contribution is 2.25. The van der Waals surface area contributed by atoms with Gasteiger partial charge in [0, 0.05) is 29.2 Å². The SMILES string of the molecule is CC(C)N(C(=O)Cn1nc(-c2cccc3ncccc23)oc1=O)C(C)C. The lowest BCUT2D eigenvalue weighted by atomic mass is 10.1. The van der Waals surface area contributed by atoms with Gasteiger partial charge in [-0.3, -0.25) is 9.78 Å². The van der Waals surface area contributed by atoms with Crippen LogP contribution in [-0.2, 0) is 11.3 Å². The van der Waals surface area contributed by atoms with E-state index in [9.17, 15) is 9.59 Å². The fraction of sp³-hybridized carbons (Fsp3) is 0.368. The van der Waals surface area contributed by atoms with Crippen LogP contribution in [-0.4, -0.2) is 37.7 Å². The zero-order chi connectivity index (χ0) is 18.8. The minimum Gasteiger partial charge on any atom is -0.388 e. The summed E-state index contributed by atoms with van der Waals surface area (Å²) in [4.78, 5) is 30.8. The molecule has 0 radical (unpaired) electrons. The molecule has 7 heteroatoms. The summed E-state index contributed by atoms with van der Waals surface area (Å²) in [5.41, 5.74) is 1.45. The normalized spacial score (nSPS) is 11.5. The third-order valence-electron chi connectivity index (χ3n) is 4.17. The van der Waals surface area contributed by atoms with E-state index in [1.54, 1.807) is 11.1 Å². The Bertz CT molecular complexity index is 974. The average molecular weight is 354 g/mol. The Morgan fingerprint density at radius 3 is 2.58 bits per heavy atom. The Kier molecular flexibility index (Phi) is 4.88. The molecule has 26 heavy (non-hydrogen) atoms. The van der Waals surface area contributed by atoms with Crippen molar-refractivity contribution in [2.75, 3.05) is 0 Å². The van der Waals surface area contributed by atoms with E-state index >= 15 is 0 Å². The first-order chi connectivity index (χ1) is 12.4. The van der Waals surface area contributed by atoms with Gasteiger partial charge >= 0.3 is 5.76 Å². The van der Waals surface area contributed by atoms with Crippen molar-refractivity contribution < 1.29 is 9.21 Å². The molecule has 1 aromatic carbocycles. The second kappa shape index (κ2) is 7.11. The second-order valence-electron chi connectivity index (χ2n) is 6.69. The lowest BCUT2D eigenvalue weighted by Crippen LogP contribution is -2.44. The van der Waals surface area contributed by atoms with Crippen molar-refractivity contribution in [3.63, 3.8) is 0 Å². The highest BCUT2D eigenvalue weighted by Gasteiger charge is 2.22. The molecule has 2 aromatic heterocycles. The van der Waals surface area contributed by atoms with Gasteiger partial charge < -0.3 is 9.32 Å². The summed E-state index contributed by atoms with van der Waals surface area (Å²) < 4.78 is 6.38. The van der Waals surface area contributed by atoms with Gasteiger partial charge in [-0.1, -0.05) is 12.1 Å². The molecule has 0 aliphatic carbocycles. The maximum Gasteiger partial charge on any atom is 0.437 e. The van der Waals surface area contributed by atoms with Gasteiger partial charge in [0.05, 0.1) is 5.52 Å². The largest absolute Gasteiger partial charge is 0.437 e. The van der Waals surface area contributed by atoms with Crippen LogP contribution in [0.4, 0.5) is 0 Å². The Balaban J connectivity index is 1.95. The first-order valence-corrected chi connectivity index (χ1v) is 8.61. The number of carbonyl (C=O) groups is 1. The van der Waals surface area contributed by atoms with Gasteiger partial charge in [-0.2, -0.15) is 4.68 Å². The third kappa shape index (κ3) is 3.37. The predicted molar refractivity (Wildman–Crippen MR) is 98.6 cm³/mol. The first kappa shape index (κ1) is 17.8. The molecular formula is C19H22N4O3. The summed E-state index contributed by atoms with van der Waals surface area (Å²) in [6.45, 7) is 7.62. The number of pyridine rings is 1. The summed E-state index contributed by atoms with van der Waals surface area (Å²) in [5, 5.41) is 5.07. The minimum atomic E-state index is -0.651. The fourth-order valence-electron chi connectivity index (χ4n) is 3.19. The summed E-state index contributed by atoms with van der Waals surface area (Å²) in [5.74, 6) is -0.639. The molecule has 7 nitrogen and oxygen atoms in total. The zero-order valence-electron chi connectivity index (χ0n) is 15.3. The van der Waals surface area contributed by atoms with Gasteiger partial charge in [-0.05, 0) is 45.9 Å². The van der Waals surface area contributed by atoms with Crippen molar-refractivity contribution in [3.05, 3.63) is 47.1 Å². The predicted octanol–water partition coefficient (Wildman–Crippen LogP) is 2.70. The van der Waals surface area contributed by atoms with Crippen molar-refractivity contribution in [1.82, 2.24) is 19.7 Å². The van der Waals surface area contributed by atoms with Crippen LogP contribution in [0.5, 0.6) is 0 Å². The molecule has 0 saturated heterocycles. The van der Waals surface area contributed by atoms with E-state index in [1.165, 1.54) is 0 Å². The van der Waals surface area contributed by atoms with Gasteiger partial charge in [0.25, 0.3) is 0 Å². The molecule has 0 atom stereocenters. The quantitative estimate of drug-likeness (QED) is 0.704. The molecule has 0 unspecified atom stereocenters. The number of carbonyl (C=O) groups excluding carboxylic acids is 1. The Morgan fingerprint density at radius 2 is 1.88 bits per heavy atom. The molecule has 0 fully saturated rings. The van der Waals surface area contributed by atoms with Crippen molar-refractivity contribution in [2.24, 2.45) is 0 Å². The molecule has 0 bridgehead atoms. The molecule has 3 aromatic rings. The molecule has 0 saturated carbocycles. The standard InChI is InChI=1S/C19H22N4O3/c1-12(2)23(13(3)4)17(24)11-22-19(25)26-18(21-22)15-7-5-9-16-14(15)8-6-10-20-16/h5-10,12-13H,11H2,1-4H3. The number of rotatable bonds is 5. The number of nitrogens with zero attached hydrogens (tertiary/aromatic N) is 4. The Labute approximate surface area is 151 Å². The summed E-state index contributed by atoms with van der Waals surface area (Å²) in [6.07, 6.45) is 1.70. The minimum absolute atomic E-state index is 0.0358. The highest BCUT2D eigenvalue weighted by atomic mass is 16.4. The van der Waals surface area contributed by atoms with Crippen LogP contribution in [0, 0.1) is 0 Å². The van der Waals surface area contributed by atoms with E-state index in [4.69, 9.17) is 4.42 Å². The molecule has 0 aliphatic rings. The molecular weight excluding hydrogens is 332 g/mol. The van der Waals surface area contributed by atoms with Crippen LogP contribution in [0.2, 0.25) is 0 Å². The van der Waals surface area contributed by atoms with Crippen molar-refractivity contribution in [1.29, 1.82) is 0 Å². The van der Waals surface area contributed by atoms with Crippen LogP contribution < -0.4 is 5.76 Å². The maximum atomic E-state index is 12.6. The molecule has 0 spiro atoms. The lowest BCUT2D eigenvalue weighted by Gasteiger charge is -2.30. The fourth-order valence-corrected chi connectivity index (χ4v) is 3.19. The zero-order valence-corrected chi connectivity index (χ0v) is 15.3. The van der Waals surface area contributed by atoms with Crippen LogP contribution in [0.3, 0.4) is 0 Å². The van der Waals surface area contributed by atoms with Gasteiger partial charge in [0.15, 0.2) is 0 Å². The third-order valence-corrected chi connectivity index (χ3v) is 4.17. The molecule has 3 rings (SSSR count). The van der Waals surface area contributed by atoms with E-state index in [0.29, 0.717) is 5.56 Å². The summed E-state index contributed by atoms with van der Waals surface area (Å²) in [6, 6.07) is 9.29. The number of fused-ring (bicyclic) bond motifs is 1. The number of hydrogen-bond donors (Lipinski definition) is 0. The Hall–Kier alpha value is -2.96. The van der Waals surface area contributed by atoms with E-state index in [-0.39, 0.29) is 30.4 Å². The topological polar surface area (TPSA) is 81.2 Å². The van der Waals surface area contributed by atoms with Crippen LogP contribution >= 0.6 is 0 Å². The van der Waals surface area contributed by atoms with E-state index in [0.717, 1.165) is 15.6 Å². The van der Waals surface area contributed by atoms with Crippen molar-refractivity contribution >= 4 is 16.8 Å². The smallest absolute Gasteiger partial charge is 0.388 e. The van der Waals surface area contributed by atoms with Crippen LogP contribution in [0.15, 0.2) is 45.7 Å². The molecule has 0 N–H and O–H groups in total. The highest BCUT2D eigenvalue weighted by molar-refractivity contribution is 5.92. The molecule has 136 valence electrons. The van der Waals surface area contributed by atoms with Gasteiger partial charge in [0.1, 0.15) is 6.54 Å². The van der Waals surface area contributed by atoms with Crippen molar-refractivity contribution in [3.8, 4) is 11.5 Å².